The van der Waals surface area contributed by atoms with E-state index in [4.69, 9.17) is 0 Å². The van der Waals surface area contributed by atoms with Crippen molar-refractivity contribution in [3.8, 4) is 0 Å². The molecule has 0 radical (unpaired) electrons. The van der Waals surface area contributed by atoms with Crippen molar-refractivity contribution in [2.75, 3.05) is 13.1 Å². The molecule has 0 aromatic heterocycles. The lowest BCUT2D eigenvalue weighted by Gasteiger charge is -2.15. The Balaban J connectivity index is 2.23. The third kappa shape index (κ3) is 2.34. The van der Waals surface area contributed by atoms with Crippen LogP contribution in [0, 0.1) is 11.6 Å². The highest BCUT2D eigenvalue weighted by molar-refractivity contribution is 5.23. The fraction of sp³-hybridized carbons (Fsp3) is 0.500. The van der Waals surface area contributed by atoms with Crippen LogP contribution in [0.25, 0.3) is 0 Å². The minimum absolute atomic E-state index is 0.114. The van der Waals surface area contributed by atoms with Crippen LogP contribution in [0.3, 0.4) is 0 Å². The molecule has 1 saturated heterocycles. The summed E-state index contributed by atoms with van der Waals surface area (Å²) >= 11 is 0. The molecule has 3 heteroatoms. The van der Waals surface area contributed by atoms with Crippen molar-refractivity contribution < 1.29 is 8.78 Å². The molecule has 1 heterocycles. The minimum Gasteiger partial charge on any atom is -0.316 e. The molecule has 15 heavy (non-hydrogen) atoms. The van der Waals surface area contributed by atoms with E-state index in [-0.39, 0.29) is 5.92 Å². The van der Waals surface area contributed by atoms with Gasteiger partial charge < -0.3 is 5.32 Å². The smallest absolute Gasteiger partial charge is 0.162 e. The fourth-order valence-electron chi connectivity index (χ4n) is 2.12. The Labute approximate surface area is 88.5 Å². The van der Waals surface area contributed by atoms with Gasteiger partial charge in [0.2, 0.25) is 0 Å². The first-order valence-corrected chi connectivity index (χ1v) is 5.43. The summed E-state index contributed by atoms with van der Waals surface area (Å²) in [5, 5.41) is 3.25. The zero-order valence-electron chi connectivity index (χ0n) is 8.60. The lowest BCUT2D eigenvalue weighted by atomic mass is 9.94. The van der Waals surface area contributed by atoms with Crippen LogP contribution >= 0.6 is 0 Å². The molecule has 0 spiro atoms. The van der Waals surface area contributed by atoms with Gasteiger partial charge in [0.25, 0.3) is 0 Å². The molecule has 1 nitrogen and oxygen atoms in total. The van der Waals surface area contributed by atoms with Crippen LogP contribution in [-0.2, 0) is 0 Å². The predicted molar refractivity (Wildman–Crippen MR) is 55.8 cm³/mol. The van der Waals surface area contributed by atoms with Gasteiger partial charge in [0.1, 0.15) is 0 Å². The van der Waals surface area contributed by atoms with E-state index in [0.29, 0.717) is 5.56 Å². The second kappa shape index (κ2) is 4.71. The van der Waals surface area contributed by atoms with Crippen molar-refractivity contribution in [1.82, 2.24) is 5.32 Å². The van der Waals surface area contributed by atoms with Gasteiger partial charge in [0.05, 0.1) is 0 Å². The Kier molecular flexibility index (Phi) is 3.31. The lowest BCUT2D eigenvalue weighted by molar-refractivity contribution is 0.479. The Morgan fingerprint density at radius 1 is 1.20 bits per heavy atom. The van der Waals surface area contributed by atoms with Gasteiger partial charge >= 0.3 is 0 Å². The average molecular weight is 211 g/mol. The molecule has 1 aliphatic rings. The number of halogens is 2. The first-order chi connectivity index (χ1) is 7.29. The highest BCUT2D eigenvalue weighted by atomic mass is 19.2. The van der Waals surface area contributed by atoms with E-state index in [1.807, 2.05) is 0 Å². The average Bonchev–Trinajstić information content (AvgIpc) is 2.50. The lowest BCUT2D eigenvalue weighted by Crippen LogP contribution is -2.20. The Bertz CT molecular complexity index is 330. The van der Waals surface area contributed by atoms with Crippen LogP contribution in [-0.4, -0.2) is 13.1 Å². The summed E-state index contributed by atoms with van der Waals surface area (Å²) in [5.74, 6) is -1.30. The standard InChI is InChI=1S/C12H15F2N/c13-11-6-3-5-10(12(11)14)9-4-1-2-7-15-8-9/h3,5-6,9,15H,1-2,4,7-8H2. The van der Waals surface area contributed by atoms with Crippen molar-refractivity contribution in [3.63, 3.8) is 0 Å². The highest BCUT2D eigenvalue weighted by Gasteiger charge is 2.19. The number of hydrogen-bond acceptors (Lipinski definition) is 1. The number of rotatable bonds is 1. The third-order valence-corrected chi connectivity index (χ3v) is 2.97. The van der Waals surface area contributed by atoms with Gasteiger partial charge in [-0.25, -0.2) is 8.78 Å². The summed E-state index contributed by atoms with van der Waals surface area (Å²) in [7, 11) is 0. The Morgan fingerprint density at radius 3 is 2.93 bits per heavy atom. The Morgan fingerprint density at radius 2 is 2.07 bits per heavy atom. The second-order valence-electron chi connectivity index (χ2n) is 4.04. The number of nitrogens with one attached hydrogen (secondary N) is 1. The van der Waals surface area contributed by atoms with Gasteiger partial charge in [0.15, 0.2) is 11.6 Å². The molecule has 1 atom stereocenters. The van der Waals surface area contributed by atoms with Crippen LogP contribution in [0.4, 0.5) is 8.78 Å². The fourth-order valence-corrected chi connectivity index (χ4v) is 2.12. The van der Waals surface area contributed by atoms with Crippen LogP contribution in [0.5, 0.6) is 0 Å². The molecule has 0 bridgehead atoms. The molecule has 1 fully saturated rings. The summed E-state index contributed by atoms with van der Waals surface area (Å²) in [4.78, 5) is 0. The third-order valence-electron chi connectivity index (χ3n) is 2.97. The summed E-state index contributed by atoms with van der Waals surface area (Å²) in [6, 6.07) is 4.44. The molecular weight excluding hydrogens is 196 g/mol. The molecule has 82 valence electrons. The maximum absolute atomic E-state index is 13.5. The van der Waals surface area contributed by atoms with Crippen molar-refractivity contribution in [1.29, 1.82) is 0 Å². The second-order valence-corrected chi connectivity index (χ2v) is 4.04. The van der Waals surface area contributed by atoms with E-state index in [1.54, 1.807) is 12.1 Å². The summed E-state index contributed by atoms with van der Waals surface area (Å²) in [5.41, 5.74) is 0.518. The van der Waals surface area contributed by atoms with Crippen LogP contribution in [0.2, 0.25) is 0 Å². The predicted octanol–water partition coefficient (Wildman–Crippen LogP) is 2.82. The number of hydrogen-bond donors (Lipinski definition) is 1. The SMILES string of the molecule is Fc1cccc(C2CCCCNC2)c1F. The molecular formula is C12H15F2N. The monoisotopic (exact) mass is 211 g/mol. The van der Waals surface area contributed by atoms with E-state index < -0.39 is 11.6 Å². The molecule has 2 rings (SSSR count). The molecule has 1 aromatic rings. The summed E-state index contributed by atoms with van der Waals surface area (Å²) in [6.45, 7) is 1.73. The van der Waals surface area contributed by atoms with Gasteiger partial charge in [-0.1, -0.05) is 18.6 Å². The van der Waals surface area contributed by atoms with E-state index in [1.165, 1.54) is 6.07 Å². The van der Waals surface area contributed by atoms with Gasteiger partial charge in [0, 0.05) is 6.54 Å². The van der Waals surface area contributed by atoms with E-state index in [2.05, 4.69) is 5.32 Å². The first-order valence-electron chi connectivity index (χ1n) is 5.43. The maximum Gasteiger partial charge on any atom is 0.162 e. The molecule has 1 unspecified atom stereocenters. The zero-order chi connectivity index (χ0) is 10.7. The first kappa shape index (κ1) is 10.6. The topological polar surface area (TPSA) is 12.0 Å². The largest absolute Gasteiger partial charge is 0.316 e. The van der Waals surface area contributed by atoms with Crippen molar-refractivity contribution in [2.24, 2.45) is 0 Å². The van der Waals surface area contributed by atoms with Crippen molar-refractivity contribution in [2.45, 2.75) is 25.2 Å². The maximum atomic E-state index is 13.5. The van der Waals surface area contributed by atoms with Crippen molar-refractivity contribution in [3.05, 3.63) is 35.4 Å². The summed E-state index contributed by atoms with van der Waals surface area (Å²) < 4.78 is 26.6. The molecule has 1 aromatic carbocycles. The minimum atomic E-state index is -0.739. The highest BCUT2D eigenvalue weighted by Crippen LogP contribution is 2.26. The van der Waals surface area contributed by atoms with E-state index in [0.717, 1.165) is 32.4 Å². The van der Waals surface area contributed by atoms with Gasteiger partial charge in [-0.2, -0.15) is 0 Å². The molecule has 0 amide bonds. The van der Waals surface area contributed by atoms with Gasteiger partial charge in [-0.05, 0) is 36.9 Å². The molecule has 1 N–H and O–H groups in total. The van der Waals surface area contributed by atoms with Crippen molar-refractivity contribution >= 4 is 0 Å². The van der Waals surface area contributed by atoms with E-state index >= 15 is 0 Å². The number of benzene rings is 1. The van der Waals surface area contributed by atoms with Gasteiger partial charge in [-0.15, -0.1) is 0 Å². The molecule has 0 saturated carbocycles. The molecule has 0 aliphatic carbocycles. The van der Waals surface area contributed by atoms with Crippen LogP contribution < -0.4 is 5.32 Å². The normalized spacial score (nSPS) is 22.4. The zero-order valence-corrected chi connectivity index (χ0v) is 8.60. The molecule has 1 aliphatic heterocycles. The quantitative estimate of drug-likeness (QED) is 0.753. The van der Waals surface area contributed by atoms with Crippen LogP contribution in [0.15, 0.2) is 18.2 Å². The van der Waals surface area contributed by atoms with E-state index in [9.17, 15) is 8.78 Å². The van der Waals surface area contributed by atoms with Gasteiger partial charge in [-0.3, -0.25) is 0 Å². The van der Waals surface area contributed by atoms with Crippen LogP contribution in [0.1, 0.15) is 30.7 Å². The Hall–Kier alpha value is -0.960. The summed E-state index contributed by atoms with van der Waals surface area (Å²) in [6.07, 6.45) is 3.13.